The lowest BCUT2D eigenvalue weighted by Crippen LogP contribution is -1.99. The summed E-state index contributed by atoms with van der Waals surface area (Å²) >= 11 is 7.70. The number of nitrogens with one attached hydrogen (secondary N) is 1. The zero-order valence-corrected chi connectivity index (χ0v) is 19.3. The number of halogens is 1. The lowest BCUT2D eigenvalue weighted by molar-refractivity contribution is 0.414. The number of benzene rings is 3. The van der Waals surface area contributed by atoms with Gasteiger partial charge in [0, 0.05) is 10.6 Å². The number of aromatic nitrogens is 4. The zero-order chi connectivity index (χ0) is 22.6. The second-order valence-electron chi connectivity index (χ2n) is 7.28. The fraction of sp³-hybridized carbons (Fsp3) is 0.0800. The van der Waals surface area contributed by atoms with Crippen molar-refractivity contribution in [1.29, 1.82) is 0 Å². The number of anilines is 1. The third-order valence-electron chi connectivity index (χ3n) is 5.08. The maximum atomic E-state index is 6.09. The van der Waals surface area contributed by atoms with E-state index in [-0.39, 0.29) is 0 Å². The highest BCUT2D eigenvalue weighted by Crippen LogP contribution is 2.39. The second-order valence-corrected chi connectivity index (χ2v) is 8.71. The predicted molar refractivity (Wildman–Crippen MR) is 133 cm³/mol. The van der Waals surface area contributed by atoms with Crippen LogP contribution in [0, 0.1) is 0 Å². The fourth-order valence-corrected chi connectivity index (χ4v) is 4.51. The van der Waals surface area contributed by atoms with Gasteiger partial charge in [0.15, 0.2) is 5.13 Å². The van der Waals surface area contributed by atoms with E-state index in [4.69, 9.17) is 21.3 Å². The van der Waals surface area contributed by atoms with Crippen molar-refractivity contribution in [3.05, 3.63) is 95.8 Å². The molecule has 6 nitrogen and oxygen atoms in total. The zero-order valence-electron chi connectivity index (χ0n) is 17.8. The molecule has 164 valence electrons. The van der Waals surface area contributed by atoms with Gasteiger partial charge in [-0.2, -0.15) is 0 Å². The summed E-state index contributed by atoms with van der Waals surface area (Å²) in [5.74, 6) is 0.801. The minimum atomic E-state index is 0.512. The van der Waals surface area contributed by atoms with Gasteiger partial charge in [0.1, 0.15) is 11.4 Å². The molecule has 0 amide bonds. The molecule has 0 spiro atoms. The van der Waals surface area contributed by atoms with Gasteiger partial charge >= 0.3 is 0 Å². The molecule has 2 aromatic heterocycles. The van der Waals surface area contributed by atoms with E-state index in [1.807, 2.05) is 72.9 Å². The number of rotatable bonds is 7. The van der Waals surface area contributed by atoms with Crippen LogP contribution in [0.2, 0.25) is 5.02 Å². The summed E-state index contributed by atoms with van der Waals surface area (Å²) in [5.41, 5.74) is 4.80. The van der Waals surface area contributed by atoms with Crippen LogP contribution in [0.25, 0.3) is 27.4 Å². The minimum absolute atomic E-state index is 0.512. The van der Waals surface area contributed by atoms with Crippen molar-refractivity contribution in [2.75, 3.05) is 12.4 Å². The standard InChI is InChI=1S/C25H20ClN5OS/c1-32-22-13-11-21(12-14-22)31-16-20(29-30-31)15-27-25-28-23(17-7-9-19(26)10-8-17)24(33-25)18-5-3-2-4-6-18/h2-14,16H,15H2,1H3,(H,27,28). The Morgan fingerprint density at radius 1 is 0.939 bits per heavy atom. The molecule has 0 bridgehead atoms. The van der Waals surface area contributed by atoms with Crippen molar-refractivity contribution in [2.45, 2.75) is 6.54 Å². The highest BCUT2D eigenvalue weighted by molar-refractivity contribution is 7.19. The lowest BCUT2D eigenvalue weighted by Gasteiger charge is -2.02. The molecule has 0 saturated heterocycles. The van der Waals surface area contributed by atoms with Crippen molar-refractivity contribution >= 4 is 28.1 Å². The first-order valence-corrected chi connectivity index (χ1v) is 11.5. The minimum Gasteiger partial charge on any atom is -0.497 e. The molecule has 5 aromatic rings. The third kappa shape index (κ3) is 4.74. The Kier molecular flexibility index (Phi) is 6.06. The van der Waals surface area contributed by atoms with E-state index in [0.29, 0.717) is 11.6 Å². The predicted octanol–water partition coefficient (Wildman–Crippen LogP) is 6.33. The van der Waals surface area contributed by atoms with Crippen molar-refractivity contribution in [3.8, 4) is 33.1 Å². The van der Waals surface area contributed by atoms with Gasteiger partial charge in [-0.05, 0) is 42.0 Å². The van der Waals surface area contributed by atoms with Crippen LogP contribution in [0.15, 0.2) is 85.1 Å². The summed E-state index contributed by atoms with van der Waals surface area (Å²) in [4.78, 5) is 5.98. The van der Waals surface area contributed by atoms with E-state index in [2.05, 4.69) is 27.8 Å². The Morgan fingerprint density at radius 2 is 1.70 bits per heavy atom. The van der Waals surface area contributed by atoms with E-state index in [9.17, 15) is 0 Å². The van der Waals surface area contributed by atoms with Gasteiger partial charge in [-0.15, -0.1) is 5.10 Å². The van der Waals surface area contributed by atoms with Gasteiger partial charge in [0.2, 0.25) is 0 Å². The summed E-state index contributed by atoms with van der Waals surface area (Å²) in [6.45, 7) is 0.512. The highest BCUT2D eigenvalue weighted by atomic mass is 35.5. The van der Waals surface area contributed by atoms with Gasteiger partial charge in [0.05, 0.1) is 36.1 Å². The molecule has 3 aromatic carbocycles. The van der Waals surface area contributed by atoms with Gasteiger partial charge < -0.3 is 10.1 Å². The van der Waals surface area contributed by atoms with Gasteiger partial charge in [0.25, 0.3) is 0 Å². The average molecular weight is 474 g/mol. The molecule has 0 unspecified atom stereocenters. The molecular formula is C25H20ClN5OS. The SMILES string of the molecule is COc1ccc(-n2cc(CNc3nc(-c4ccc(Cl)cc4)c(-c4ccccc4)s3)nn2)cc1. The molecule has 2 heterocycles. The maximum Gasteiger partial charge on any atom is 0.184 e. The molecule has 0 saturated carbocycles. The molecule has 33 heavy (non-hydrogen) atoms. The molecule has 0 aliphatic rings. The largest absolute Gasteiger partial charge is 0.497 e. The van der Waals surface area contributed by atoms with E-state index in [1.54, 1.807) is 23.1 Å². The Morgan fingerprint density at radius 3 is 2.42 bits per heavy atom. The molecule has 5 rings (SSSR count). The molecule has 8 heteroatoms. The van der Waals surface area contributed by atoms with E-state index >= 15 is 0 Å². The number of ether oxygens (including phenoxy) is 1. The van der Waals surface area contributed by atoms with Crippen molar-refractivity contribution in [2.24, 2.45) is 0 Å². The van der Waals surface area contributed by atoms with Crippen LogP contribution in [0.3, 0.4) is 0 Å². The number of thiazole rings is 1. The summed E-state index contributed by atoms with van der Waals surface area (Å²) in [5, 5.41) is 13.4. The van der Waals surface area contributed by atoms with Crippen LogP contribution >= 0.6 is 22.9 Å². The molecule has 1 N–H and O–H groups in total. The Bertz CT molecular complexity index is 1350. The topological polar surface area (TPSA) is 64.9 Å². The van der Waals surface area contributed by atoms with E-state index in [0.717, 1.165) is 44.0 Å². The van der Waals surface area contributed by atoms with Gasteiger partial charge in [-0.25, -0.2) is 9.67 Å². The third-order valence-corrected chi connectivity index (χ3v) is 6.39. The first kappa shape index (κ1) is 21.2. The molecular weight excluding hydrogens is 454 g/mol. The van der Waals surface area contributed by atoms with Crippen LogP contribution in [0.1, 0.15) is 5.69 Å². The average Bonchev–Trinajstić information content (AvgIpc) is 3.51. The molecule has 0 fully saturated rings. The van der Waals surface area contributed by atoms with Crippen LogP contribution in [-0.2, 0) is 6.54 Å². The number of hydrogen-bond donors (Lipinski definition) is 1. The Labute approximate surface area is 200 Å². The van der Waals surface area contributed by atoms with Crippen molar-refractivity contribution < 1.29 is 4.74 Å². The Balaban J connectivity index is 1.38. The quantitative estimate of drug-likeness (QED) is 0.299. The van der Waals surface area contributed by atoms with Crippen molar-refractivity contribution in [1.82, 2.24) is 20.0 Å². The first-order chi connectivity index (χ1) is 16.2. The fourth-order valence-electron chi connectivity index (χ4n) is 3.39. The van der Waals surface area contributed by atoms with Gasteiger partial charge in [-0.3, -0.25) is 0 Å². The molecule has 0 radical (unpaired) electrons. The highest BCUT2D eigenvalue weighted by Gasteiger charge is 2.15. The summed E-state index contributed by atoms with van der Waals surface area (Å²) in [7, 11) is 1.65. The second kappa shape index (κ2) is 9.44. The normalized spacial score (nSPS) is 10.8. The van der Waals surface area contributed by atoms with Crippen LogP contribution in [0.4, 0.5) is 5.13 Å². The number of nitrogens with zero attached hydrogens (tertiary/aromatic N) is 4. The lowest BCUT2D eigenvalue weighted by atomic mass is 10.1. The summed E-state index contributed by atoms with van der Waals surface area (Å²) in [6, 6.07) is 25.7. The van der Waals surface area contributed by atoms with Crippen LogP contribution < -0.4 is 10.1 Å². The maximum absolute atomic E-state index is 6.09. The Hall–Kier alpha value is -3.68. The van der Waals surface area contributed by atoms with E-state index < -0.39 is 0 Å². The molecule has 0 aliphatic carbocycles. The molecule has 0 atom stereocenters. The smallest absolute Gasteiger partial charge is 0.184 e. The summed E-state index contributed by atoms with van der Waals surface area (Å²) < 4.78 is 6.95. The number of methoxy groups -OCH3 is 1. The monoisotopic (exact) mass is 473 g/mol. The summed E-state index contributed by atoms with van der Waals surface area (Å²) in [6.07, 6.45) is 1.90. The van der Waals surface area contributed by atoms with Crippen LogP contribution in [0.5, 0.6) is 5.75 Å². The van der Waals surface area contributed by atoms with Crippen molar-refractivity contribution in [3.63, 3.8) is 0 Å². The first-order valence-electron chi connectivity index (χ1n) is 10.3. The number of hydrogen-bond acceptors (Lipinski definition) is 6. The van der Waals surface area contributed by atoms with Gasteiger partial charge in [-0.1, -0.05) is 70.6 Å². The molecule has 0 aliphatic heterocycles. The van der Waals surface area contributed by atoms with E-state index in [1.165, 1.54) is 0 Å². The van der Waals surface area contributed by atoms with Crippen LogP contribution in [-0.4, -0.2) is 27.1 Å².